The summed E-state index contributed by atoms with van der Waals surface area (Å²) in [6.45, 7) is 2.27. The third-order valence-electron chi connectivity index (χ3n) is 9.19. The quantitative estimate of drug-likeness (QED) is 0.162. The first-order valence-electron chi connectivity index (χ1n) is 13.8. The van der Waals surface area contributed by atoms with Gasteiger partial charge in [0.25, 0.3) is 0 Å². The van der Waals surface area contributed by atoms with Crippen LogP contribution in [0.5, 0.6) is 5.75 Å². The average molecular weight is 479 g/mol. The molecule has 5 heteroatoms. The SMILES string of the molecule is CCCCCCC1CCC(C2CCC3C(CCCC3C(=O)Oc3cc(F)c(F)c(F)c3)C2)CC1. The van der Waals surface area contributed by atoms with Gasteiger partial charge in [0, 0.05) is 12.1 Å². The lowest BCUT2D eigenvalue weighted by Crippen LogP contribution is -2.40. The van der Waals surface area contributed by atoms with Gasteiger partial charge >= 0.3 is 5.97 Å². The van der Waals surface area contributed by atoms with Crippen molar-refractivity contribution in [2.75, 3.05) is 0 Å². The molecule has 2 nitrogen and oxygen atoms in total. The van der Waals surface area contributed by atoms with Crippen molar-refractivity contribution in [3.63, 3.8) is 0 Å². The van der Waals surface area contributed by atoms with Gasteiger partial charge < -0.3 is 4.74 Å². The molecule has 0 aromatic heterocycles. The van der Waals surface area contributed by atoms with Crippen LogP contribution in [0.1, 0.15) is 103 Å². The Hall–Kier alpha value is -1.52. The molecule has 4 atom stereocenters. The molecule has 4 rings (SSSR count). The molecule has 0 amide bonds. The Kier molecular flexibility index (Phi) is 8.98. The Morgan fingerprint density at radius 2 is 1.56 bits per heavy atom. The van der Waals surface area contributed by atoms with E-state index in [1.54, 1.807) is 0 Å². The number of halogens is 3. The fraction of sp³-hybridized carbons (Fsp3) is 0.759. The maximum Gasteiger partial charge on any atom is 0.314 e. The van der Waals surface area contributed by atoms with E-state index in [0.29, 0.717) is 11.8 Å². The van der Waals surface area contributed by atoms with Gasteiger partial charge in [0.2, 0.25) is 0 Å². The number of rotatable bonds is 8. The molecule has 4 unspecified atom stereocenters. The molecule has 3 fully saturated rings. The second-order valence-corrected chi connectivity index (χ2v) is 11.3. The number of carbonyl (C=O) groups excluding carboxylic acids is 1. The molecule has 3 aliphatic rings. The fourth-order valence-corrected chi connectivity index (χ4v) is 7.31. The molecular weight excluding hydrogens is 437 g/mol. The molecule has 3 saturated carbocycles. The molecule has 0 saturated heterocycles. The predicted octanol–water partition coefficient (Wildman–Crippen LogP) is 8.62. The van der Waals surface area contributed by atoms with Gasteiger partial charge in [-0.05, 0) is 68.1 Å². The van der Waals surface area contributed by atoms with E-state index in [4.69, 9.17) is 4.74 Å². The van der Waals surface area contributed by atoms with E-state index in [1.165, 1.54) is 70.6 Å². The van der Waals surface area contributed by atoms with Crippen molar-refractivity contribution in [3.05, 3.63) is 29.6 Å². The first kappa shape index (κ1) is 25.6. The van der Waals surface area contributed by atoms with Gasteiger partial charge in [-0.1, -0.05) is 64.7 Å². The molecule has 3 aliphatic carbocycles. The minimum absolute atomic E-state index is 0.227. The number of hydrogen-bond acceptors (Lipinski definition) is 2. The zero-order valence-electron chi connectivity index (χ0n) is 20.7. The van der Waals surface area contributed by atoms with Gasteiger partial charge in [0.1, 0.15) is 5.75 Å². The summed E-state index contributed by atoms with van der Waals surface area (Å²) < 4.78 is 45.6. The van der Waals surface area contributed by atoms with Crippen molar-refractivity contribution in [1.29, 1.82) is 0 Å². The monoisotopic (exact) mass is 478 g/mol. The molecule has 190 valence electrons. The number of ether oxygens (including phenoxy) is 1. The van der Waals surface area contributed by atoms with Gasteiger partial charge in [0.05, 0.1) is 5.92 Å². The van der Waals surface area contributed by atoms with Crippen molar-refractivity contribution >= 4 is 5.97 Å². The topological polar surface area (TPSA) is 26.3 Å². The van der Waals surface area contributed by atoms with Crippen molar-refractivity contribution < 1.29 is 22.7 Å². The number of unbranched alkanes of at least 4 members (excludes halogenated alkanes) is 3. The van der Waals surface area contributed by atoms with E-state index in [-0.39, 0.29) is 11.7 Å². The number of carbonyl (C=O) groups is 1. The molecular formula is C29H41F3O2. The van der Waals surface area contributed by atoms with E-state index in [0.717, 1.165) is 55.6 Å². The van der Waals surface area contributed by atoms with Crippen LogP contribution in [0.25, 0.3) is 0 Å². The standard InChI is InChI=1S/C29H41F3O2/c1-2-3-4-5-7-19-10-12-20(13-11-19)21-14-15-24-22(16-21)8-6-9-25(24)29(33)34-23-17-26(30)28(32)27(31)18-23/h17-22,24-25H,2-16H2,1H3. The summed E-state index contributed by atoms with van der Waals surface area (Å²) in [5.74, 6) is -1.72. The molecule has 1 aromatic carbocycles. The summed E-state index contributed by atoms with van der Waals surface area (Å²) in [6.07, 6.45) is 18.7. The minimum Gasteiger partial charge on any atom is -0.426 e. The Morgan fingerprint density at radius 1 is 0.853 bits per heavy atom. The number of benzene rings is 1. The Labute approximate surface area is 203 Å². The highest BCUT2D eigenvalue weighted by molar-refractivity contribution is 5.75. The smallest absolute Gasteiger partial charge is 0.314 e. The number of esters is 1. The maximum atomic E-state index is 13.5. The van der Waals surface area contributed by atoms with Gasteiger partial charge in [-0.15, -0.1) is 0 Å². The summed E-state index contributed by atoms with van der Waals surface area (Å²) in [7, 11) is 0. The lowest BCUT2D eigenvalue weighted by molar-refractivity contribution is -0.144. The van der Waals surface area contributed by atoms with Crippen LogP contribution >= 0.6 is 0 Å². The van der Waals surface area contributed by atoms with E-state index >= 15 is 0 Å². The second kappa shape index (κ2) is 11.9. The molecule has 0 spiro atoms. The first-order valence-corrected chi connectivity index (χ1v) is 13.8. The summed E-state index contributed by atoms with van der Waals surface area (Å²) in [5, 5.41) is 0. The zero-order chi connectivity index (χ0) is 24.1. The Bertz CT molecular complexity index is 795. The van der Waals surface area contributed by atoms with Gasteiger partial charge in [0.15, 0.2) is 17.5 Å². The summed E-state index contributed by atoms with van der Waals surface area (Å²) >= 11 is 0. The van der Waals surface area contributed by atoms with Crippen LogP contribution in [0, 0.1) is 53.0 Å². The van der Waals surface area contributed by atoms with Crippen LogP contribution in [0.2, 0.25) is 0 Å². The van der Waals surface area contributed by atoms with Crippen LogP contribution in [-0.2, 0) is 4.79 Å². The normalized spacial score (nSPS) is 31.6. The zero-order valence-corrected chi connectivity index (χ0v) is 20.7. The van der Waals surface area contributed by atoms with Crippen molar-refractivity contribution in [2.24, 2.45) is 35.5 Å². The fourth-order valence-electron chi connectivity index (χ4n) is 7.31. The lowest BCUT2D eigenvalue weighted by Gasteiger charge is -2.46. The van der Waals surface area contributed by atoms with Gasteiger partial charge in [-0.25, -0.2) is 13.2 Å². The lowest BCUT2D eigenvalue weighted by atomic mass is 9.59. The summed E-state index contributed by atoms with van der Waals surface area (Å²) in [4.78, 5) is 12.9. The van der Waals surface area contributed by atoms with Crippen LogP contribution in [0.15, 0.2) is 12.1 Å². The maximum absolute atomic E-state index is 13.5. The van der Waals surface area contributed by atoms with Crippen LogP contribution < -0.4 is 4.74 Å². The molecule has 0 aliphatic heterocycles. The van der Waals surface area contributed by atoms with E-state index < -0.39 is 23.4 Å². The average Bonchev–Trinajstić information content (AvgIpc) is 2.84. The number of hydrogen-bond donors (Lipinski definition) is 0. The van der Waals surface area contributed by atoms with Gasteiger partial charge in [-0.2, -0.15) is 0 Å². The summed E-state index contributed by atoms with van der Waals surface area (Å²) in [5.41, 5.74) is 0. The van der Waals surface area contributed by atoms with Crippen LogP contribution in [0.3, 0.4) is 0 Å². The molecule has 0 bridgehead atoms. The molecule has 0 radical (unpaired) electrons. The molecule has 0 N–H and O–H groups in total. The van der Waals surface area contributed by atoms with Crippen LogP contribution in [0.4, 0.5) is 13.2 Å². The van der Waals surface area contributed by atoms with Crippen molar-refractivity contribution in [1.82, 2.24) is 0 Å². The molecule has 1 aromatic rings. The largest absolute Gasteiger partial charge is 0.426 e. The third-order valence-corrected chi connectivity index (χ3v) is 9.19. The Morgan fingerprint density at radius 3 is 2.26 bits per heavy atom. The second-order valence-electron chi connectivity index (χ2n) is 11.3. The number of fused-ring (bicyclic) bond motifs is 1. The Balaban J connectivity index is 1.27. The molecule has 34 heavy (non-hydrogen) atoms. The van der Waals surface area contributed by atoms with Crippen LogP contribution in [-0.4, -0.2) is 5.97 Å². The molecule has 0 heterocycles. The highest BCUT2D eigenvalue weighted by atomic mass is 19.2. The highest BCUT2D eigenvalue weighted by Crippen LogP contribution is 2.50. The van der Waals surface area contributed by atoms with E-state index in [2.05, 4.69) is 6.92 Å². The van der Waals surface area contributed by atoms with E-state index in [1.807, 2.05) is 0 Å². The minimum atomic E-state index is -1.54. The van der Waals surface area contributed by atoms with E-state index in [9.17, 15) is 18.0 Å². The first-order chi connectivity index (χ1) is 16.5. The third kappa shape index (κ3) is 6.18. The summed E-state index contributed by atoms with van der Waals surface area (Å²) in [6, 6.07) is 1.52. The van der Waals surface area contributed by atoms with Crippen molar-refractivity contribution in [2.45, 2.75) is 103 Å². The van der Waals surface area contributed by atoms with Gasteiger partial charge in [-0.3, -0.25) is 4.79 Å². The van der Waals surface area contributed by atoms with Crippen molar-refractivity contribution in [3.8, 4) is 5.75 Å². The highest BCUT2D eigenvalue weighted by Gasteiger charge is 2.43. The predicted molar refractivity (Wildman–Crippen MR) is 128 cm³/mol.